The molecule has 0 spiro atoms. The van der Waals surface area contributed by atoms with Gasteiger partial charge in [0.1, 0.15) is 10.7 Å². The third-order valence-corrected chi connectivity index (χ3v) is 3.12. The van der Waals surface area contributed by atoms with Gasteiger partial charge < -0.3 is 5.32 Å². The lowest BCUT2D eigenvalue weighted by molar-refractivity contribution is 0.0632. The fraction of sp³-hybridized carbons (Fsp3) is 0.273. The molecule has 0 fully saturated rings. The van der Waals surface area contributed by atoms with Gasteiger partial charge in [-0.05, 0) is 26.0 Å². The number of alkyl halides is 2. The van der Waals surface area contributed by atoms with E-state index in [9.17, 15) is 13.6 Å². The highest BCUT2D eigenvalue weighted by molar-refractivity contribution is 6.34. The van der Waals surface area contributed by atoms with E-state index in [-0.39, 0.29) is 16.5 Å². The molecule has 0 saturated heterocycles. The molecule has 0 unspecified atom stereocenters. The standard InChI is InChI=1S/C11H11ClF2N4O/c1-5-3-4-7(18(5)11(13)14)10(19)15-9-8(12)6(2)16-17-9/h3-4,11H,1-2H3,(H2,15,16,17,19). The number of H-pyrrole nitrogens is 1. The van der Waals surface area contributed by atoms with Gasteiger partial charge in [-0.2, -0.15) is 13.9 Å². The van der Waals surface area contributed by atoms with E-state index in [4.69, 9.17) is 11.6 Å². The Hall–Kier alpha value is -1.89. The van der Waals surface area contributed by atoms with E-state index in [0.29, 0.717) is 16.0 Å². The van der Waals surface area contributed by atoms with Crippen molar-refractivity contribution in [1.82, 2.24) is 14.8 Å². The molecule has 2 aromatic rings. The SMILES string of the molecule is Cc1[nH]nc(NC(=O)c2ccc(C)n2C(F)F)c1Cl. The van der Waals surface area contributed by atoms with E-state index >= 15 is 0 Å². The summed E-state index contributed by atoms with van der Waals surface area (Å²) in [6.45, 7) is 0.387. The molecular formula is C11H11ClF2N4O. The molecule has 19 heavy (non-hydrogen) atoms. The molecule has 0 radical (unpaired) electrons. The van der Waals surface area contributed by atoms with Crippen LogP contribution in [0.5, 0.6) is 0 Å². The largest absolute Gasteiger partial charge is 0.319 e. The quantitative estimate of drug-likeness (QED) is 0.911. The molecule has 0 aromatic carbocycles. The second kappa shape index (κ2) is 5.00. The number of hydrogen-bond donors (Lipinski definition) is 2. The molecule has 102 valence electrons. The molecule has 0 saturated carbocycles. The van der Waals surface area contributed by atoms with Crippen molar-refractivity contribution in [2.45, 2.75) is 20.4 Å². The molecule has 0 aliphatic rings. The summed E-state index contributed by atoms with van der Waals surface area (Å²) in [5.74, 6) is -0.578. The molecule has 2 aromatic heterocycles. The number of nitrogens with zero attached hydrogens (tertiary/aromatic N) is 2. The second-order valence-electron chi connectivity index (χ2n) is 3.97. The number of hydrogen-bond acceptors (Lipinski definition) is 2. The van der Waals surface area contributed by atoms with E-state index in [1.165, 1.54) is 19.1 Å². The van der Waals surface area contributed by atoms with Crippen LogP contribution >= 0.6 is 11.6 Å². The van der Waals surface area contributed by atoms with Crippen LogP contribution in [0.1, 0.15) is 28.4 Å². The Morgan fingerprint density at radius 2 is 2.16 bits per heavy atom. The number of rotatable bonds is 3. The van der Waals surface area contributed by atoms with Crippen LogP contribution in [0.4, 0.5) is 14.6 Å². The maximum absolute atomic E-state index is 12.8. The van der Waals surface area contributed by atoms with Crippen molar-refractivity contribution in [3.05, 3.63) is 34.2 Å². The molecule has 2 N–H and O–H groups in total. The smallest absolute Gasteiger partial charge is 0.303 e. The van der Waals surface area contributed by atoms with Crippen molar-refractivity contribution in [3.8, 4) is 0 Å². The maximum atomic E-state index is 12.8. The van der Waals surface area contributed by atoms with E-state index in [0.717, 1.165) is 0 Å². The summed E-state index contributed by atoms with van der Waals surface area (Å²) < 4.78 is 26.3. The zero-order chi connectivity index (χ0) is 14.2. The Bertz CT molecular complexity index is 620. The summed E-state index contributed by atoms with van der Waals surface area (Å²) >= 11 is 5.88. The molecule has 0 atom stereocenters. The van der Waals surface area contributed by atoms with Gasteiger partial charge in [0.05, 0.1) is 5.69 Å². The minimum atomic E-state index is -2.79. The van der Waals surface area contributed by atoms with Crippen LogP contribution in [0.2, 0.25) is 5.02 Å². The van der Waals surface area contributed by atoms with E-state index < -0.39 is 12.5 Å². The first-order chi connectivity index (χ1) is 8.91. The van der Waals surface area contributed by atoms with Crippen molar-refractivity contribution in [2.75, 3.05) is 5.32 Å². The molecule has 2 heterocycles. The van der Waals surface area contributed by atoms with Gasteiger partial charge in [-0.25, -0.2) is 0 Å². The monoisotopic (exact) mass is 288 g/mol. The van der Waals surface area contributed by atoms with E-state index in [2.05, 4.69) is 15.5 Å². The number of aryl methyl sites for hydroxylation is 2. The van der Waals surface area contributed by atoms with Gasteiger partial charge in [0.25, 0.3) is 5.91 Å². The first-order valence-corrected chi connectivity index (χ1v) is 5.77. The minimum absolute atomic E-state index is 0.115. The number of carbonyl (C=O) groups excluding carboxylic acids is 1. The fourth-order valence-electron chi connectivity index (χ4n) is 1.66. The van der Waals surface area contributed by atoms with Crippen LogP contribution in [0.15, 0.2) is 12.1 Å². The van der Waals surface area contributed by atoms with Gasteiger partial charge in [-0.3, -0.25) is 14.5 Å². The number of halogens is 3. The predicted molar refractivity (Wildman–Crippen MR) is 66.7 cm³/mol. The molecule has 5 nitrogen and oxygen atoms in total. The topological polar surface area (TPSA) is 62.7 Å². The highest BCUT2D eigenvalue weighted by Crippen LogP contribution is 2.24. The van der Waals surface area contributed by atoms with Crippen LogP contribution < -0.4 is 5.32 Å². The van der Waals surface area contributed by atoms with Gasteiger partial charge in [-0.15, -0.1) is 0 Å². The summed E-state index contributed by atoms with van der Waals surface area (Å²) in [7, 11) is 0. The van der Waals surface area contributed by atoms with Gasteiger partial charge >= 0.3 is 6.55 Å². The highest BCUT2D eigenvalue weighted by atomic mass is 35.5. The van der Waals surface area contributed by atoms with Crippen LogP contribution in [-0.2, 0) is 0 Å². The zero-order valence-electron chi connectivity index (χ0n) is 10.2. The normalized spacial score (nSPS) is 11.1. The number of carbonyl (C=O) groups is 1. The summed E-state index contributed by atoms with van der Waals surface area (Å²) in [6.07, 6.45) is 0. The second-order valence-corrected chi connectivity index (χ2v) is 4.35. The predicted octanol–water partition coefficient (Wildman–Crippen LogP) is 3.13. The first kappa shape index (κ1) is 13.5. The summed E-state index contributed by atoms with van der Waals surface area (Å²) in [4.78, 5) is 11.9. The number of anilines is 1. The first-order valence-electron chi connectivity index (χ1n) is 5.39. The summed E-state index contributed by atoms with van der Waals surface area (Å²) in [5.41, 5.74) is 0.728. The van der Waals surface area contributed by atoms with Crippen molar-refractivity contribution >= 4 is 23.3 Å². The lowest BCUT2D eigenvalue weighted by atomic mass is 10.4. The van der Waals surface area contributed by atoms with Crippen molar-refractivity contribution < 1.29 is 13.6 Å². The van der Waals surface area contributed by atoms with Gasteiger partial charge in [0.2, 0.25) is 0 Å². The molecule has 1 amide bonds. The van der Waals surface area contributed by atoms with Crippen molar-refractivity contribution in [1.29, 1.82) is 0 Å². The van der Waals surface area contributed by atoms with Gasteiger partial charge in [0, 0.05) is 5.69 Å². The van der Waals surface area contributed by atoms with Gasteiger partial charge in [-0.1, -0.05) is 11.6 Å². The van der Waals surface area contributed by atoms with Crippen LogP contribution in [0, 0.1) is 13.8 Å². The average Bonchev–Trinajstić information content (AvgIpc) is 2.87. The average molecular weight is 289 g/mol. The highest BCUT2D eigenvalue weighted by Gasteiger charge is 2.20. The molecular weight excluding hydrogens is 278 g/mol. The van der Waals surface area contributed by atoms with Crippen molar-refractivity contribution in [3.63, 3.8) is 0 Å². The third-order valence-electron chi connectivity index (χ3n) is 2.65. The molecule has 0 aliphatic carbocycles. The van der Waals surface area contributed by atoms with E-state index in [1.807, 2.05) is 0 Å². The molecule has 8 heteroatoms. The number of amides is 1. The number of aromatic amines is 1. The molecule has 2 rings (SSSR count). The van der Waals surface area contributed by atoms with Crippen LogP contribution in [0.3, 0.4) is 0 Å². The summed E-state index contributed by atoms with van der Waals surface area (Å²) in [6, 6.07) is 2.77. The number of aromatic nitrogens is 3. The molecule has 0 bridgehead atoms. The lowest BCUT2D eigenvalue weighted by Crippen LogP contribution is -2.18. The summed E-state index contributed by atoms with van der Waals surface area (Å²) in [5, 5.41) is 9.00. The van der Waals surface area contributed by atoms with E-state index in [1.54, 1.807) is 6.92 Å². The van der Waals surface area contributed by atoms with Crippen molar-refractivity contribution in [2.24, 2.45) is 0 Å². The molecule has 0 aliphatic heterocycles. The van der Waals surface area contributed by atoms with Gasteiger partial charge in [0.15, 0.2) is 5.82 Å². The fourth-order valence-corrected chi connectivity index (χ4v) is 1.80. The maximum Gasteiger partial charge on any atom is 0.319 e. The Labute approximate surface area is 112 Å². The Morgan fingerprint density at radius 1 is 1.47 bits per heavy atom. The van der Waals surface area contributed by atoms with Crippen LogP contribution in [-0.4, -0.2) is 20.7 Å². The zero-order valence-corrected chi connectivity index (χ0v) is 10.9. The Kier molecular flexibility index (Phi) is 3.57. The van der Waals surface area contributed by atoms with Crippen LogP contribution in [0.25, 0.3) is 0 Å². The Balaban J connectivity index is 2.28. The minimum Gasteiger partial charge on any atom is -0.303 e. The number of nitrogens with one attached hydrogen (secondary N) is 2. The lowest BCUT2D eigenvalue weighted by Gasteiger charge is -2.09. The Morgan fingerprint density at radius 3 is 2.68 bits per heavy atom. The third kappa shape index (κ3) is 2.46.